The second-order valence-corrected chi connectivity index (χ2v) is 7.84. The molecule has 1 aliphatic rings. The van der Waals surface area contributed by atoms with Crippen molar-refractivity contribution in [2.75, 3.05) is 25.2 Å². The maximum absolute atomic E-state index is 14.6. The fraction of sp³-hybridized carbons (Fsp3) is 0.450. The Labute approximate surface area is 179 Å². The molecule has 0 radical (unpaired) electrons. The summed E-state index contributed by atoms with van der Waals surface area (Å²) < 4.78 is 74.7. The molecule has 12 heteroatoms. The number of ether oxygens (including phenoxy) is 1. The first-order chi connectivity index (χ1) is 15.0. The van der Waals surface area contributed by atoms with Crippen molar-refractivity contribution in [3.8, 4) is 17.0 Å². The highest BCUT2D eigenvalue weighted by Crippen LogP contribution is 2.41. The second kappa shape index (κ2) is 7.84. The molecule has 1 fully saturated rings. The van der Waals surface area contributed by atoms with Gasteiger partial charge in [-0.15, -0.1) is 0 Å². The van der Waals surface area contributed by atoms with Gasteiger partial charge in [-0.2, -0.15) is 23.3 Å². The van der Waals surface area contributed by atoms with Gasteiger partial charge in [-0.05, 0) is 18.4 Å². The molecule has 2 atom stereocenters. The first-order valence-corrected chi connectivity index (χ1v) is 9.79. The molecule has 0 saturated carbocycles. The number of fused-ring (bicyclic) bond motifs is 1. The van der Waals surface area contributed by atoms with E-state index in [0.29, 0.717) is 19.2 Å². The van der Waals surface area contributed by atoms with Crippen molar-refractivity contribution in [3.05, 3.63) is 29.5 Å². The van der Waals surface area contributed by atoms with Crippen molar-refractivity contribution in [1.82, 2.24) is 19.7 Å². The molecule has 3 aromatic rings. The maximum atomic E-state index is 14.6. The Bertz CT molecular complexity index is 1180. The number of nitrogens with zero attached hydrogens (tertiary/aromatic N) is 5. The number of phenolic OH excluding ortho intramolecular Hbond substituents is 1. The molecule has 4 rings (SSSR count). The predicted octanol–water partition coefficient (Wildman–Crippen LogP) is 3.89. The number of alkyl halides is 3. The average Bonchev–Trinajstić information content (AvgIpc) is 3.07. The normalized spacial score (nSPS) is 19.5. The molecular formula is C20H20F5N5O2. The third-order valence-corrected chi connectivity index (χ3v) is 5.71. The van der Waals surface area contributed by atoms with Crippen molar-refractivity contribution < 1.29 is 31.8 Å². The third-order valence-electron chi connectivity index (χ3n) is 5.71. The summed E-state index contributed by atoms with van der Waals surface area (Å²) in [7, 11) is 3.32. The number of benzene rings is 1. The summed E-state index contributed by atoms with van der Waals surface area (Å²) in [6.45, 7) is 3.25. The number of aryl methyl sites for hydroxylation is 1. The summed E-state index contributed by atoms with van der Waals surface area (Å²) >= 11 is 0. The maximum Gasteiger partial charge on any atom is 0.419 e. The van der Waals surface area contributed by atoms with E-state index in [1.807, 2.05) is 18.9 Å². The molecule has 3 heterocycles. The third kappa shape index (κ3) is 3.61. The van der Waals surface area contributed by atoms with E-state index < -0.39 is 34.7 Å². The number of phenols is 1. The van der Waals surface area contributed by atoms with E-state index >= 15 is 0 Å². The van der Waals surface area contributed by atoms with Crippen LogP contribution in [0.2, 0.25) is 0 Å². The van der Waals surface area contributed by atoms with Gasteiger partial charge < -0.3 is 14.7 Å². The van der Waals surface area contributed by atoms with Crippen LogP contribution in [0.15, 0.2) is 12.3 Å². The highest BCUT2D eigenvalue weighted by molar-refractivity contribution is 5.91. The lowest BCUT2D eigenvalue weighted by atomic mass is 9.97. The summed E-state index contributed by atoms with van der Waals surface area (Å²) in [4.78, 5) is 10.7. The molecule has 1 N–H and O–H groups in total. The minimum atomic E-state index is -5.14. The number of rotatable bonds is 3. The van der Waals surface area contributed by atoms with Gasteiger partial charge in [-0.1, -0.05) is 6.92 Å². The van der Waals surface area contributed by atoms with Crippen LogP contribution in [0.3, 0.4) is 0 Å². The average molecular weight is 457 g/mol. The van der Waals surface area contributed by atoms with E-state index in [9.17, 15) is 27.1 Å². The summed E-state index contributed by atoms with van der Waals surface area (Å²) in [5.41, 5.74) is -2.50. The quantitative estimate of drug-likeness (QED) is 0.602. The minimum absolute atomic E-state index is 0.120. The van der Waals surface area contributed by atoms with Crippen LogP contribution in [0, 0.1) is 17.6 Å². The van der Waals surface area contributed by atoms with Crippen molar-refractivity contribution in [3.63, 3.8) is 0 Å². The zero-order chi connectivity index (χ0) is 23.4. The lowest BCUT2D eigenvalue weighted by Gasteiger charge is -2.36. The van der Waals surface area contributed by atoms with Gasteiger partial charge in [0.2, 0.25) is 5.95 Å². The lowest BCUT2D eigenvalue weighted by molar-refractivity contribution is -0.140. The topological polar surface area (TPSA) is 76.3 Å². The fourth-order valence-electron chi connectivity index (χ4n) is 3.99. The largest absolute Gasteiger partial charge is 0.503 e. The lowest BCUT2D eigenvalue weighted by Crippen LogP contribution is -2.43. The molecule has 0 unspecified atom stereocenters. The van der Waals surface area contributed by atoms with E-state index in [-0.39, 0.29) is 34.8 Å². The van der Waals surface area contributed by atoms with Crippen molar-refractivity contribution in [2.24, 2.45) is 13.0 Å². The van der Waals surface area contributed by atoms with Gasteiger partial charge in [-0.25, -0.2) is 18.4 Å². The molecule has 0 aliphatic carbocycles. The number of halogens is 5. The molecule has 1 aliphatic heterocycles. The molecule has 7 nitrogen and oxygen atoms in total. The number of hydrogen-bond donors (Lipinski definition) is 1. The van der Waals surface area contributed by atoms with Gasteiger partial charge in [0.15, 0.2) is 23.0 Å². The Kier molecular flexibility index (Phi) is 5.43. The van der Waals surface area contributed by atoms with Crippen LogP contribution in [0.25, 0.3) is 22.3 Å². The first kappa shape index (κ1) is 22.2. The van der Waals surface area contributed by atoms with Crippen LogP contribution in [-0.4, -0.2) is 51.2 Å². The summed E-state index contributed by atoms with van der Waals surface area (Å²) in [5.74, 6) is -4.76. The first-order valence-electron chi connectivity index (χ1n) is 9.79. The highest BCUT2D eigenvalue weighted by Gasteiger charge is 2.38. The highest BCUT2D eigenvalue weighted by atomic mass is 19.4. The monoisotopic (exact) mass is 457 g/mol. The standard InChI is InChI=1S/C20H20F5N5O2/c1-9-8-32-5-4-13(9)29(2)19-26-7-11-16(28-30(3)18(11)27-19)10-6-12(20(23,24)25)15(22)17(31)14(10)21/h6-7,9,13,31H,4-5,8H2,1-3H3/t9-,13-/m1/s1. The minimum Gasteiger partial charge on any atom is -0.503 e. The van der Waals surface area contributed by atoms with Crippen molar-refractivity contribution in [1.29, 1.82) is 0 Å². The van der Waals surface area contributed by atoms with Gasteiger partial charge in [0.1, 0.15) is 5.69 Å². The predicted molar refractivity (Wildman–Crippen MR) is 105 cm³/mol. The second-order valence-electron chi connectivity index (χ2n) is 7.84. The van der Waals surface area contributed by atoms with Crippen LogP contribution in [-0.2, 0) is 18.0 Å². The van der Waals surface area contributed by atoms with E-state index in [1.54, 1.807) is 0 Å². The van der Waals surface area contributed by atoms with Gasteiger partial charge in [-0.3, -0.25) is 0 Å². The Hall–Kier alpha value is -3.02. The smallest absolute Gasteiger partial charge is 0.419 e. The number of aromatic hydroxyl groups is 1. The van der Waals surface area contributed by atoms with E-state index in [4.69, 9.17) is 4.74 Å². The van der Waals surface area contributed by atoms with Crippen LogP contribution in [0.4, 0.5) is 27.9 Å². The molecule has 172 valence electrons. The SMILES string of the molecule is C[C@@H]1COCC[C@H]1N(C)c1ncc2c(-c3cc(C(F)(F)F)c(F)c(O)c3F)nn(C)c2n1. The van der Waals surface area contributed by atoms with Crippen LogP contribution >= 0.6 is 0 Å². The Balaban J connectivity index is 1.82. The Morgan fingerprint density at radius 1 is 1.25 bits per heavy atom. The zero-order valence-corrected chi connectivity index (χ0v) is 17.4. The molecule has 0 spiro atoms. The number of aromatic nitrogens is 4. The van der Waals surface area contributed by atoms with E-state index in [2.05, 4.69) is 15.1 Å². The van der Waals surface area contributed by atoms with Crippen LogP contribution in [0.5, 0.6) is 5.75 Å². The molecule has 0 amide bonds. The Morgan fingerprint density at radius 3 is 2.62 bits per heavy atom. The fourth-order valence-corrected chi connectivity index (χ4v) is 3.99. The Morgan fingerprint density at radius 2 is 1.97 bits per heavy atom. The molecule has 1 saturated heterocycles. The van der Waals surface area contributed by atoms with Crippen LogP contribution in [0.1, 0.15) is 18.9 Å². The summed E-state index contributed by atoms with van der Waals surface area (Å²) in [5, 5.41) is 13.9. The van der Waals surface area contributed by atoms with Crippen molar-refractivity contribution >= 4 is 17.0 Å². The summed E-state index contributed by atoms with van der Waals surface area (Å²) in [6.07, 6.45) is -3.04. The van der Waals surface area contributed by atoms with Gasteiger partial charge in [0, 0.05) is 38.5 Å². The summed E-state index contributed by atoms with van der Waals surface area (Å²) in [6, 6.07) is 0.408. The van der Waals surface area contributed by atoms with E-state index in [1.165, 1.54) is 17.9 Å². The van der Waals surface area contributed by atoms with Crippen LogP contribution < -0.4 is 4.90 Å². The zero-order valence-electron chi connectivity index (χ0n) is 17.4. The molecule has 1 aromatic carbocycles. The molecule has 32 heavy (non-hydrogen) atoms. The molecule has 2 aromatic heterocycles. The number of anilines is 1. The van der Waals surface area contributed by atoms with Gasteiger partial charge in [0.25, 0.3) is 0 Å². The van der Waals surface area contributed by atoms with Gasteiger partial charge in [0.05, 0.1) is 17.6 Å². The molecular weight excluding hydrogens is 437 g/mol. The van der Waals surface area contributed by atoms with Gasteiger partial charge >= 0.3 is 6.18 Å². The molecule has 0 bridgehead atoms. The van der Waals surface area contributed by atoms with E-state index in [0.717, 1.165) is 6.42 Å². The van der Waals surface area contributed by atoms with Crippen molar-refractivity contribution in [2.45, 2.75) is 25.6 Å². The number of hydrogen-bond acceptors (Lipinski definition) is 6.